The minimum Gasteiger partial charge on any atom is -0.396 e. The lowest BCUT2D eigenvalue weighted by molar-refractivity contribution is 0.120. The van der Waals surface area contributed by atoms with Crippen LogP contribution in [0.5, 0.6) is 0 Å². The molecule has 21 heavy (non-hydrogen) atoms. The van der Waals surface area contributed by atoms with Crippen LogP contribution >= 0.6 is 0 Å². The quantitative estimate of drug-likeness (QED) is 0.652. The van der Waals surface area contributed by atoms with E-state index in [1.807, 2.05) is 6.07 Å². The molecule has 1 aromatic heterocycles. The van der Waals surface area contributed by atoms with Gasteiger partial charge in [-0.3, -0.25) is 0 Å². The van der Waals surface area contributed by atoms with Gasteiger partial charge in [0.2, 0.25) is 5.95 Å². The van der Waals surface area contributed by atoms with Crippen molar-refractivity contribution in [2.45, 2.75) is 19.3 Å². The fourth-order valence-electron chi connectivity index (χ4n) is 2.57. The molecule has 7 nitrogen and oxygen atoms in total. The Hall–Kier alpha value is -1.91. The molecule has 1 aliphatic heterocycles. The summed E-state index contributed by atoms with van der Waals surface area (Å²) in [6.07, 6.45) is 4.69. The summed E-state index contributed by atoms with van der Waals surface area (Å²) in [5.41, 5.74) is 5.93. The van der Waals surface area contributed by atoms with Crippen molar-refractivity contribution in [3.05, 3.63) is 11.8 Å². The summed E-state index contributed by atoms with van der Waals surface area (Å²) >= 11 is 0. The Bertz CT molecular complexity index is 501. The first kappa shape index (κ1) is 15.5. The van der Waals surface area contributed by atoms with Crippen molar-refractivity contribution in [2.24, 2.45) is 5.92 Å². The van der Waals surface area contributed by atoms with Gasteiger partial charge in [0.15, 0.2) is 0 Å². The van der Waals surface area contributed by atoms with Crippen molar-refractivity contribution in [3.63, 3.8) is 0 Å². The smallest absolute Gasteiger partial charge is 0.224 e. The molecule has 2 heterocycles. The molecule has 114 valence electrons. The number of aliphatic hydroxyl groups is 1. The number of anilines is 2. The maximum absolute atomic E-state index is 9.21. The first-order valence-corrected chi connectivity index (χ1v) is 7.32. The summed E-state index contributed by atoms with van der Waals surface area (Å²) in [6.45, 7) is 4.13. The Balaban J connectivity index is 1.70. The van der Waals surface area contributed by atoms with Crippen LogP contribution in [0.25, 0.3) is 0 Å². The number of nitriles is 1. The SMILES string of the molecule is N#Cc1cnc(NCCCN2CCC[C@H](CO)C2)nc1N. The Morgan fingerprint density at radius 2 is 2.43 bits per heavy atom. The third-order valence-electron chi connectivity index (χ3n) is 3.73. The normalized spacial score (nSPS) is 19.1. The number of rotatable bonds is 6. The van der Waals surface area contributed by atoms with Crippen molar-refractivity contribution in [3.8, 4) is 6.07 Å². The predicted molar refractivity (Wildman–Crippen MR) is 80.5 cm³/mol. The second-order valence-electron chi connectivity index (χ2n) is 5.38. The van der Waals surface area contributed by atoms with Gasteiger partial charge in [-0.2, -0.15) is 10.2 Å². The molecule has 7 heteroatoms. The molecule has 1 saturated heterocycles. The average molecular weight is 290 g/mol. The maximum Gasteiger partial charge on any atom is 0.224 e. The number of nitrogens with one attached hydrogen (secondary N) is 1. The van der Waals surface area contributed by atoms with E-state index in [4.69, 9.17) is 11.0 Å². The molecule has 0 amide bonds. The van der Waals surface area contributed by atoms with Gasteiger partial charge >= 0.3 is 0 Å². The van der Waals surface area contributed by atoms with Gasteiger partial charge in [0.1, 0.15) is 17.5 Å². The average Bonchev–Trinajstić information content (AvgIpc) is 2.52. The van der Waals surface area contributed by atoms with Crippen LogP contribution < -0.4 is 11.1 Å². The molecule has 0 saturated carbocycles. The predicted octanol–water partition coefficient (Wildman–Crippen LogP) is 0.437. The Morgan fingerprint density at radius 1 is 1.57 bits per heavy atom. The highest BCUT2D eigenvalue weighted by atomic mass is 16.3. The lowest BCUT2D eigenvalue weighted by atomic mass is 9.99. The van der Waals surface area contributed by atoms with Crippen LogP contribution in [-0.4, -0.2) is 52.8 Å². The molecule has 1 aromatic rings. The Labute approximate surface area is 124 Å². The van der Waals surface area contributed by atoms with Gasteiger partial charge in [-0.25, -0.2) is 4.98 Å². The van der Waals surface area contributed by atoms with Crippen molar-refractivity contribution in [2.75, 3.05) is 43.8 Å². The summed E-state index contributed by atoms with van der Waals surface area (Å²) < 4.78 is 0. The van der Waals surface area contributed by atoms with E-state index in [1.165, 1.54) is 6.20 Å². The molecule has 2 rings (SSSR count). The summed E-state index contributed by atoms with van der Waals surface area (Å²) in [5, 5.41) is 21.1. The molecule has 0 radical (unpaired) electrons. The van der Waals surface area contributed by atoms with Crippen molar-refractivity contribution in [1.82, 2.24) is 14.9 Å². The standard InChI is InChI=1S/C14H22N6O/c15-7-12-8-18-14(19-13(12)16)17-4-2-6-20-5-1-3-11(9-20)10-21/h8,11,21H,1-6,9-10H2,(H3,16,17,18,19)/t11-/m0/s1. The number of aliphatic hydroxyl groups excluding tert-OH is 1. The van der Waals surface area contributed by atoms with Gasteiger partial charge in [-0.15, -0.1) is 0 Å². The molecule has 0 aromatic carbocycles. The number of piperidine rings is 1. The van der Waals surface area contributed by atoms with E-state index in [2.05, 4.69) is 20.2 Å². The van der Waals surface area contributed by atoms with E-state index in [0.29, 0.717) is 17.4 Å². The highest BCUT2D eigenvalue weighted by Gasteiger charge is 2.18. The molecule has 0 aliphatic carbocycles. The second-order valence-corrected chi connectivity index (χ2v) is 5.38. The zero-order valence-electron chi connectivity index (χ0n) is 12.1. The number of nitrogens with two attached hydrogens (primary N) is 1. The van der Waals surface area contributed by atoms with Gasteiger partial charge in [0, 0.05) is 19.7 Å². The van der Waals surface area contributed by atoms with Gasteiger partial charge in [0.05, 0.1) is 6.20 Å². The molecular weight excluding hydrogens is 268 g/mol. The van der Waals surface area contributed by atoms with E-state index in [9.17, 15) is 5.11 Å². The minimum absolute atomic E-state index is 0.205. The number of aromatic nitrogens is 2. The fraction of sp³-hybridized carbons (Fsp3) is 0.643. The zero-order valence-corrected chi connectivity index (χ0v) is 12.1. The molecule has 1 fully saturated rings. The molecule has 4 N–H and O–H groups in total. The highest BCUT2D eigenvalue weighted by Crippen LogP contribution is 2.15. The number of nitrogen functional groups attached to an aromatic ring is 1. The van der Waals surface area contributed by atoms with Crippen LogP contribution in [0, 0.1) is 17.2 Å². The van der Waals surface area contributed by atoms with Crippen LogP contribution in [0.1, 0.15) is 24.8 Å². The van der Waals surface area contributed by atoms with Crippen LogP contribution in [0.3, 0.4) is 0 Å². The van der Waals surface area contributed by atoms with Crippen LogP contribution in [0.2, 0.25) is 0 Å². The fourth-order valence-corrected chi connectivity index (χ4v) is 2.57. The summed E-state index contributed by atoms with van der Waals surface area (Å²) in [4.78, 5) is 10.5. The molecule has 0 bridgehead atoms. The first-order chi connectivity index (χ1) is 10.2. The first-order valence-electron chi connectivity index (χ1n) is 7.32. The number of hydrogen-bond donors (Lipinski definition) is 3. The van der Waals surface area contributed by atoms with E-state index in [1.54, 1.807) is 0 Å². The zero-order chi connectivity index (χ0) is 15.1. The summed E-state index contributed by atoms with van der Waals surface area (Å²) in [5.74, 6) is 1.09. The Morgan fingerprint density at radius 3 is 3.14 bits per heavy atom. The monoisotopic (exact) mass is 290 g/mol. The Kier molecular flexibility index (Phi) is 5.72. The van der Waals surface area contributed by atoms with E-state index in [0.717, 1.165) is 45.4 Å². The number of hydrogen-bond acceptors (Lipinski definition) is 7. The molecule has 0 spiro atoms. The van der Waals surface area contributed by atoms with Gasteiger partial charge in [0.25, 0.3) is 0 Å². The number of likely N-dealkylation sites (tertiary alicyclic amines) is 1. The largest absolute Gasteiger partial charge is 0.396 e. The molecule has 0 unspecified atom stereocenters. The second kappa shape index (κ2) is 7.76. The van der Waals surface area contributed by atoms with Crippen molar-refractivity contribution >= 4 is 11.8 Å². The third kappa shape index (κ3) is 4.55. The molecule has 1 aliphatic rings. The van der Waals surface area contributed by atoms with Gasteiger partial charge in [-0.05, 0) is 38.3 Å². The lowest BCUT2D eigenvalue weighted by Gasteiger charge is -2.31. The molecular formula is C14H22N6O. The van der Waals surface area contributed by atoms with Crippen molar-refractivity contribution < 1.29 is 5.11 Å². The summed E-state index contributed by atoms with van der Waals surface area (Å²) in [7, 11) is 0. The summed E-state index contributed by atoms with van der Waals surface area (Å²) in [6, 6.07) is 1.94. The topological polar surface area (TPSA) is 111 Å². The van der Waals surface area contributed by atoms with Gasteiger partial charge < -0.3 is 21.1 Å². The highest BCUT2D eigenvalue weighted by molar-refractivity contribution is 5.49. The van der Waals surface area contributed by atoms with Crippen LogP contribution in [0.4, 0.5) is 11.8 Å². The number of nitrogens with zero attached hydrogens (tertiary/aromatic N) is 4. The van der Waals surface area contributed by atoms with E-state index in [-0.39, 0.29) is 12.4 Å². The minimum atomic E-state index is 0.205. The lowest BCUT2D eigenvalue weighted by Crippen LogP contribution is -2.37. The molecule has 1 atom stereocenters. The van der Waals surface area contributed by atoms with Gasteiger partial charge in [-0.1, -0.05) is 0 Å². The maximum atomic E-state index is 9.21. The van der Waals surface area contributed by atoms with E-state index >= 15 is 0 Å². The van der Waals surface area contributed by atoms with Crippen LogP contribution in [-0.2, 0) is 0 Å². The third-order valence-corrected chi connectivity index (χ3v) is 3.73. The van der Waals surface area contributed by atoms with Crippen molar-refractivity contribution in [1.29, 1.82) is 5.26 Å². The van der Waals surface area contributed by atoms with Crippen LogP contribution in [0.15, 0.2) is 6.20 Å². The van der Waals surface area contributed by atoms with E-state index < -0.39 is 0 Å².